The maximum absolute atomic E-state index is 6.20. The smallest absolute Gasteiger partial charge is 0.0935 e. The molecule has 2 aromatic carbocycles. The molecule has 0 radical (unpaired) electrons. The van der Waals surface area contributed by atoms with Crippen LogP contribution in [-0.4, -0.2) is 4.98 Å². The lowest BCUT2D eigenvalue weighted by Gasteiger charge is -2.10. The third kappa shape index (κ3) is 2.86. The topological polar surface area (TPSA) is 12.9 Å². The number of thiophene rings is 1. The molecule has 0 aliphatic rings. The summed E-state index contributed by atoms with van der Waals surface area (Å²) < 4.78 is 0.763. The molecule has 4 rings (SSSR count). The Labute approximate surface area is 148 Å². The summed E-state index contributed by atoms with van der Waals surface area (Å²) in [5.41, 5.74) is 4.12. The highest BCUT2D eigenvalue weighted by Gasteiger charge is 2.11. The van der Waals surface area contributed by atoms with Crippen molar-refractivity contribution < 1.29 is 0 Å². The monoisotopic (exact) mass is 355 g/mol. The quantitative estimate of drug-likeness (QED) is 0.379. The van der Waals surface area contributed by atoms with Crippen LogP contribution in [0.15, 0.2) is 66.7 Å². The Kier molecular flexibility index (Phi) is 3.82. The molecule has 0 N–H and O–H groups in total. The van der Waals surface area contributed by atoms with Gasteiger partial charge in [0.1, 0.15) is 0 Å². The highest BCUT2D eigenvalue weighted by atomic mass is 35.5. The van der Waals surface area contributed by atoms with E-state index >= 15 is 0 Å². The van der Waals surface area contributed by atoms with Crippen molar-refractivity contribution in [1.29, 1.82) is 0 Å². The van der Waals surface area contributed by atoms with Gasteiger partial charge in [-0.3, -0.25) is 0 Å². The first-order valence-corrected chi connectivity index (χ1v) is 8.69. The lowest BCUT2D eigenvalue weighted by atomic mass is 10.00. The fourth-order valence-electron chi connectivity index (χ4n) is 2.63. The van der Waals surface area contributed by atoms with E-state index in [4.69, 9.17) is 28.2 Å². The van der Waals surface area contributed by atoms with Gasteiger partial charge in [0.05, 0.1) is 20.4 Å². The first kappa shape index (κ1) is 14.7. The van der Waals surface area contributed by atoms with Crippen LogP contribution >= 0.6 is 34.5 Å². The first-order valence-electron chi connectivity index (χ1n) is 7.12. The van der Waals surface area contributed by atoms with Gasteiger partial charge in [0, 0.05) is 10.4 Å². The number of nitrogens with zero attached hydrogens (tertiary/aromatic N) is 1. The minimum absolute atomic E-state index is 0.711. The number of rotatable bonds is 2. The number of fused-ring (bicyclic) bond motifs is 1. The van der Waals surface area contributed by atoms with E-state index in [2.05, 4.69) is 18.2 Å². The Morgan fingerprint density at radius 1 is 0.826 bits per heavy atom. The largest absolute Gasteiger partial charge is 0.247 e. The Bertz CT molecular complexity index is 993. The Morgan fingerprint density at radius 2 is 1.65 bits per heavy atom. The predicted molar refractivity (Wildman–Crippen MR) is 101 cm³/mol. The fourth-order valence-corrected chi connectivity index (χ4v) is 3.81. The lowest BCUT2D eigenvalue weighted by Crippen LogP contribution is -1.88. The summed E-state index contributed by atoms with van der Waals surface area (Å²) in [6.07, 6.45) is 0. The van der Waals surface area contributed by atoms with Gasteiger partial charge in [-0.05, 0) is 47.5 Å². The van der Waals surface area contributed by atoms with E-state index in [1.165, 1.54) is 11.3 Å². The van der Waals surface area contributed by atoms with Crippen LogP contribution in [0.2, 0.25) is 9.36 Å². The van der Waals surface area contributed by atoms with Crippen molar-refractivity contribution in [2.24, 2.45) is 0 Å². The summed E-state index contributed by atoms with van der Waals surface area (Å²) in [5, 5.41) is 1.76. The summed E-state index contributed by atoms with van der Waals surface area (Å²) in [7, 11) is 0. The van der Waals surface area contributed by atoms with E-state index in [9.17, 15) is 0 Å². The highest BCUT2D eigenvalue weighted by molar-refractivity contribution is 7.19. The molecule has 23 heavy (non-hydrogen) atoms. The molecule has 1 nitrogen and oxygen atoms in total. The van der Waals surface area contributed by atoms with Gasteiger partial charge in [-0.2, -0.15) is 0 Å². The van der Waals surface area contributed by atoms with Gasteiger partial charge < -0.3 is 0 Å². The average Bonchev–Trinajstić information content (AvgIpc) is 3.01. The molecular weight excluding hydrogens is 345 g/mol. The lowest BCUT2D eigenvalue weighted by molar-refractivity contribution is 1.42. The molecule has 0 unspecified atom stereocenters. The summed E-state index contributed by atoms with van der Waals surface area (Å²) in [5.74, 6) is 0. The zero-order valence-electron chi connectivity index (χ0n) is 12.0. The molecule has 0 aliphatic heterocycles. The zero-order valence-corrected chi connectivity index (χ0v) is 14.3. The van der Waals surface area contributed by atoms with Gasteiger partial charge in [-0.1, -0.05) is 53.5 Å². The molecule has 0 saturated carbocycles. The second-order valence-electron chi connectivity index (χ2n) is 5.19. The van der Waals surface area contributed by atoms with Crippen molar-refractivity contribution in [2.75, 3.05) is 0 Å². The van der Waals surface area contributed by atoms with Gasteiger partial charge in [-0.15, -0.1) is 11.3 Å². The van der Waals surface area contributed by atoms with Gasteiger partial charge in [-0.25, -0.2) is 4.98 Å². The molecule has 112 valence electrons. The molecule has 0 fully saturated rings. The van der Waals surface area contributed by atoms with Crippen molar-refractivity contribution in [3.8, 4) is 21.7 Å². The summed E-state index contributed by atoms with van der Waals surface area (Å²) >= 11 is 13.8. The van der Waals surface area contributed by atoms with E-state index in [0.29, 0.717) is 5.02 Å². The van der Waals surface area contributed by atoms with Crippen molar-refractivity contribution in [3.63, 3.8) is 0 Å². The number of hydrogen-bond acceptors (Lipinski definition) is 2. The van der Waals surface area contributed by atoms with E-state index in [1.54, 1.807) is 0 Å². The number of hydrogen-bond donors (Lipinski definition) is 0. The molecule has 0 aliphatic carbocycles. The van der Waals surface area contributed by atoms with Crippen LogP contribution < -0.4 is 0 Å². The fraction of sp³-hybridized carbons (Fsp3) is 0. The maximum atomic E-state index is 6.20. The SMILES string of the molecule is Clc1ccc2nc(-c3ccc(Cl)s3)cc(-c3ccccc3)c2c1. The molecule has 0 saturated heterocycles. The van der Waals surface area contributed by atoms with E-state index < -0.39 is 0 Å². The molecule has 4 aromatic rings. The Morgan fingerprint density at radius 3 is 2.39 bits per heavy atom. The number of pyridine rings is 1. The maximum Gasteiger partial charge on any atom is 0.0935 e. The molecular formula is C19H11Cl2NS. The van der Waals surface area contributed by atoms with Crippen molar-refractivity contribution >= 4 is 45.4 Å². The van der Waals surface area contributed by atoms with Crippen molar-refractivity contribution in [2.45, 2.75) is 0 Å². The van der Waals surface area contributed by atoms with Crippen molar-refractivity contribution in [3.05, 3.63) is 76.1 Å². The number of aromatic nitrogens is 1. The first-order chi connectivity index (χ1) is 11.2. The predicted octanol–water partition coefficient (Wildman–Crippen LogP) is 6.94. The number of benzene rings is 2. The van der Waals surface area contributed by atoms with E-state index in [0.717, 1.165) is 36.9 Å². The summed E-state index contributed by atoms with van der Waals surface area (Å²) in [6, 6.07) is 22.1. The van der Waals surface area contributed by atoms with Gasteiger partial charge in [0.15, 0.2) is 0 Å². The average molecular weight is 356 g/mol. The molecule has 2 aromatic heterocycles. The van der Waals surface area contributed by atoms with Gasteiger partial charge >= 0.3 is 0 Å². The van der Waals surface area contributed by atoms with Crippen LogP contribution in [0.3, 0.4) is 0 Å². The van der Waals surface area contributed by atoms with Crippen molar-refractivity contribution in [1.82, 2.24) is 4.98 Å². The molecule has 0 atom stereocenters. The molecule has 0 spiro atoms. The van der Waals surface area contributed by atoms with Crippen LogP contribution in [-0.2, 0) is 0 Å². The second kappa shape index (κ2) is 5.97. The highest BCUT2D eigenvalue weighted by Crippen LogP contribution is 2.36. The van der Waals surface area contributed by atoms with Crippen LogP contribution in [0.5, 0.6) is 0 Å². The minimum atomic E-state index is 0.711. The third-order valence-electron chi connectivity index (χ3n) is 3.68. The normalized spacial score (nSPS) is 11.0. The molecule has 2 heterocycles. The van der Waals surface area contributed by atoms with Crippen LogP contribution in [0.4, 0.5) is 0 Å². The number of halogens is 2. The summed E-state index contributed by atoms with van der Waals surface area (Å²) in [4.78, 5) is 5.84. The van der Waals surface area contributed by atoms with E-state index in [1.807, 2.05) is 48.5 Å². The Balaban J connectivity index is 2.03. The molecule has 0 amide bonds. The third-order valence-corrected chi connectivity index (χ3v) is 5.17. The van der Waals surface area contributed by atoms with Crippen LogP contribution in [0, 0.1) is 0 Å². The molecule has 0 bridgehead atoms. The van der Waals surface area contributed by atoms with Gasteiger partial charge in [0.25, 0.3) is 0 Å². The summed E-state index contributed by atoms with van der Waals surface area (Å²) in [6.45, 7) is 0. The minimum Gasteiger partial charge on any atom is -0.247 e. The standard InChI is InChI=1S/C19H11Cl2NS/c20-13-6-7-16-15(10-13)14(12-4-2-1-3-5-12)11-17(22-16)18-8-9-19(21)23-18/h1-11H. The van der Waals surface area contributed by atoms with Crippen LogP contribution in [0.25, 0.3) is 32.6 Å². The molecule has 4 heteroatoms. The second-order valence-corrected chi connectivity index (χ2v) is 7.34. The Hall–Kier alpha value is -1.87. The van der Waals surface area contributed by atoms with E-state index in [-0.39, 0.29) is 0 Å². The van der Waals surface area contributed by atoms with Gasteiger partial charge in [0.2, 0.25) is 0 Å². The van der Waals surface area contributed by atoms with Crippen LogP contribution in [0.1, 0.15) is 0 Å². The zero-order chi connectivity index (χ0) is 15.8.